The summed E-state index contributed by atoms with van der Waals surface area (Å²) in [7, 11) is -2.11. The summed E-state index contributed by atoms with van der Waals surface area (Å²) in [5, 5.41) is 10.5. The minimum atomic E-state index is -3.69. The minimum Gasteiger partial charge on any atom is -0.497 e. The molecule has 51 heavy (non-hydrogen) atoms. The predicted octanol–water partition coefficient (Wildman–Crippen LogP) is 5.97. The first kappa shape index (κ1) is 34.0. The van der Waals surface area contributed by atoms with Gasteiger partial charge in [0.2, 0.25) is 10.0 Å². The predicted molar refractivity (Wildman–Crippen MR) is 190 cm³/mol. The van der Waals surface area contributed by atoms with Gasteiger partial charge < -0.3 is 14.4 Å². The van der Waals surface area contributed by atoms with Crippen molar-refractivity contribution in [1.82, 2.24) is 28.4 Å². The van der Waals surface area contributed by atoms with Crippen LogP contribution in [-0.2, 0) is 21.4 Å². The molecule has 5 aromatic rings. The number of aromatic nitrogens is 5. The van der Waals surface area contributed by atoms with Crippen molar-refractivity contribution >= 4 is 44.9 Å². The van der Waals surface area contributed by atoms with Crippen LogP contribution in [0.1, 0.15) is 78.2 Å². The summed E-state index contributed by atoms with van der Waals surface area (Å²) < 4.78 is 37.3. The second kappa shape index (κ2) is 13.7. The maximum atomic E-state index is 13.0. The number of rotatable bonds is 6. The van der Waals surface area contributed by atoms with Gasteiger partial charge in [0.25, 0.3) is 5.91 Å². The highest BCUT2D eigenvalue weighted by Crippen LogP contribution is 2.47. The number of nitrogens with one attached hydrogen (secondary N) is 1. The third kappa shape index (κ3) is 6.70. The fourth-order valence-corrected chi connectivity index (χ4v) is 8.34. The number of carboxylic acids is 1. The quantitative estimate of drug-likeness (QED) is 0.216. The number of aliphatic carboxylic acids is 1. The van der Waals surface area contributed by atoms with E-state index in [1.54, 1.807) is 57.0 Å². The monoisotopic (exact) mass is 710 g/mol. The Balaban J connectivity index is 0.000000262. The molecule has 1 amide bonds. The van der Waals surface area contributed by atoms with Crippen LogP contribution in [0, 0.1) is 6.92 Å². The standard InChI is InChI=1S/C29H30N2O6S.C8H8N4O/c1-37-21-8-12-23-19(14-21)13-20(29(33)34)16-31-25-15-18(28(32)30-38(35,36)22-9-10-22)7-11-24(25)26(27(23)31)17-5-3-2-4-6-17;1-7-10-3-5-12(7)8(13)11-4-2-9-6-11/h7-8,11-15,17,22H,2-6,9-10,16H2,1H3,(H,30,32)(H,33,34);2-6H,1H3. The van der Waals surface area contributed by atoms with Crippen molar-refractivity contribution in [3.63, 3.8) is 0 Å². The molecule has 0 saturated heterocycles. The van der Waals surface area contributed by atoms with Crippen LogP contribution in [-0.4, -0.2) is 67.5 Å². The maximum Gasteiger partial charge on any atom is 0.338 e. The Morgan fingerprint density at radius 3 is 2.41 bits per heavy atom. The Hall–Kier alpha value is -5.50. The van der Waals surface area contributed by atoms with Crippen molar-refractivity contribution in [1.29, 1.82) is 0 Å². The number of carbonyl (C=O) groups excluding carboxylic acids is 2. The molecule has 3 aromatic heterocycles. The molecule has 1 aliphatic heterocycles. The second-order valence-electron chi connectivity index (χ2n) is 13.1. The van der Waals surface area contributed by atoms with Gasteiger partial charge in [0.1, 0.15) is 17.9 Å². The van der Waals surface area contributed by atoms with E-state index in [-0.39, 0.29) is 23.7 Å². The number of benzene rings is 2. The average molecular weight is 711 g/mol. The van der Waals surface area contributed by atoms with Gasteiger partial charge in [-0.2, -0.15) is 0 Å². The number of carboxylic acid groups (broad SMARTS) is 1. The van der Waals surface area contributed by atoms with Crippen molar-refractivity contribution < 1.29 is 32.6 Å². The third-order valence-corrected chi connectivity index (χ3v) is 11.6. The van der Waals surface area contributed by atoms with Gasteiger partial charge in [0.05, 0.1) is 30.2 Å². The molecule has 13 nitrogen and oxygen atoms in total. The number of imidazole rings is 2. The zero-order valence-electron chi connectivity index (χ0n) is 28.3. The summed E-state index contributed by atoms with van der Waals surface area (Å²) >= 11 is 0. The molecule has 4 heterocycles. The van der Waals surface area contributed by atoms with Crippen LogP contribution in [0.3, 0.4) is 0 Å². The molecule has 0 spiro atoms. The van der Waals surface area contributed by atoms with Crippen LogP contribution in [0.4, 0.5) is 4.79 Å². The van der Waals surface area contributed by atoms with Gasteiger partial charge in [-0.05, 0) is 86.1 Å². The zero-order chi connectivity index (χ0) is 35.9. The molecule has 2 aromatic carbocycles. The van der Waals surface area contributed by atoms with Gasteiger partial charge in [-0.3, -0.25) is 13.9 Å². The van der Waals surface area contributed by atoms with E-state index in [1.807, 2.05) is 28.8 Å². The highest BCUT2D eigenvalue weighted by molar-refractivity contribution is 7.91. The fourth-order valence-electron chi connectivity index (χ4n) is 7.04. The summed E-state index contributed by atoms with van der Waals surface area (Å²) in [5.74, 6) is -0.0692. The second-order valence-corrected chi connectivity index (χ2v) is 15.1. The maximum absolute atomic E-state index is 13.0. The molecule has 264 valence electrons. The summed E-state index contributed by atoms with van der Waals surface area (Å²) in [6.07, 6.45) is 16.2. The molecule has 0 atom stereocenters. The largest absolute Gasteiger partial charge is 0.497 e. The van der Waals surface area contributed by atoms with Gasteiger partial charge in [-0.15, -0.1) is 0 Å². The number of nitrogens with zero attached hydrogens (tertiary/aromatic N) is 5. The number of sulfonamides is 1. The first-order chi connectivity index (χ1) is 24.6. The smallest absolute Gasteiger partial charge is 0.338 e. The zero-order valence-corrected chi connectivity index (χ0v) is 29.1. The summed E-state index contributed by atoms with van der Waals surface area (Å²) in [6, 6.07) is 10.8. The number of hydrogen-bond donors (Lipinski definition) is 2. The lowest BCUT2D eigenvalue weighted by Gasteiger charge is -2.24. The number of carbonyl (C=O) groups is 3. The highest BCUT2D eigenvalue weighted by Gasteiger charge is 2.37. The molecule has 8 rings (SSSR count). The Bertz CT molecular complexity index is 2290. The molecular formula is C37H38N6O7S. The van der Waals surface area contributed by atoms with Crippen LogP contribution in [0.15, 0.2) is 73.1 Å². The lowest BCUT2D eigenvalue weighted by molar-refractivity contribution is -0.132. The van der Waals surface area contributed by atoms with Crippen LogP contribution >= 0.6 is 0 Å². The van der Waals surface area contributed by atoms with E-state index >= 15 is 0 Å². The molecule has 0 unspecified atom stereocenters. The van der Waals surface area contributed by atoms with Crippen LogP contribution in [0.2, 0.25) is 0 Å². The Morgan fingerprint density at radius 2 is 1.76 bits per heavy atom. The first-order valence-electron chi connectivity index (χ1n) is 16.9. The highest BCUT2D eigenvalue weighted by atomic mass is 32.2. The number of ether oxygens (including phenoxy) is 1. The van der Waals surface area contributed by atoms with Crippen molar-refractivity contribution in [2.45, 2.75) is 69.6 Å². The Kier molecular flexibility index (Phi) is 9.10. The van der Waals surface area contributed by atoms with Gasteiger partial charge >= 0.3 is 12.0 Å². The fraction of sp³-hybridized carbons (Fsp3) is 0.324. The number of aryl methyl sites for hydroxylation is 1. The number of amides is 1. The Morgan fingerprint density at radius 1 is 0.980 bits per heavy atom. The lowest BCUT2D eigenvalue weighted by Crippen LogP contribution is -2.33. The molecule has 0 radical (unpaired) electrons. The number of methoxy groups -OCH3 is 1. The van der Waals surface area contributed by atoms with E-state index in [4.69, 9.17) is 4.74 Å². The Labute approximate surface area is 294 Å². The van der Waals surface area contributed by atoms with Gasteiger partial charge in [-0.1, -0.05) is 25.3 Å². The van der Waals surface area contributed by atoms with Gasteiger partial charge in [-0.25, -0.2) is 32.7 Å². The summed E-state index contributed by atoms with van der Waals surface area (Å²) in [4.78, 5) is 44.7. The molecule has 3 aliphatic rings. The summed E-state index contributed by atoms with van der Waals surface area (Å²) in [6.45, 7) is 1.89. The van der Waals surface area contributed by atoms with E-state index in [0.717, 1.165) is 53.4 Å². The third-order valence-electron chi connectivity index (χ3n) is 9.78. The van der Waals surface area contributed by atoms with Crippen LogP contribution < -0.4 is 9.46 Å². The molecular weight excluding hydrogens is 673 g/mol. The first-order valence-corrected chi connectivity index (χ1v) is 18.5. The van der Waals surface area contributed by atoms with E-state index in [2.05, 4.69) is 14.7 Å². The van der Waals surface area contributed by atoms with E-state index in [0.29, 0.717) is 30.3 Å². The van der Waals surface area contributed by atoms with Crippen molar-refractivity contribution in [3.8, 4) is 17.0 Å². The molecule has 2 N–H and O–H groups in total. The molecule has 2 saturated carbocycles. The van der Waals surface area contributed by atoms with Crippen LogP contribution in [0.5, 0.6) is 5.75 Å². The minimum absolute atomic E-state index is 0.121. The topological polar surface area (TPSA) is 167 Å². The van der Waals surface area contributed by atoms with E-state index < -0.39 is 27.1 Å². The number of fused-ring (bicyclic) bond motifs is 5. The summed E-state index contributed by atoms with van der Waals surface area (Å²) in [5.41, 5.74) is 5.00. The van der Waals surface area contributed by atoms with E-state index in [9.17, 15) is 27.9 Å². The molecule has 2 fully saturated rings. The average Bonchev–Trinajstić information content (AvgIpc) is 3.62. The van der Waals surface area contributed by atoms with Gasteiger partial charge in [0, 0.05) is 46.8 Å². The lowest BCUT2D eigenvalue weighted by atomic mass is 9.81. The van der Waals surface area contributed by atoms with Crippen LogP contribution in [0.25, 0.3) is 28.2 Å². The number of hydrogen-bond acceptors (Lipinski definition) is 8. The van der Waals surface area contributed by atoms with Crippen molar-refractivity contribution in [3.05, 3.63) is 95.6 Å². The normalized spacial score (nSPS) is 15.8. The van der Waals surface area contributed by atoms with Gasteiger partial charge in [0.15, 0.2) is 0 Å². The molecule has 0 bridgehead atoms. The van der Waals surface area contributed by atoms with E-state index in [1.165, 1.54) is 27.4 Å². The SMILES string of the molecule is COc1ccc2c(c1)C=C(C(=O)O)Cn1c-2c(C2CCCCC2)c2ccc(C(=O)NS(=O)(=O)C3CC3)cc21.Cc1nccn1C(=O)n1ccnc1. The van der Waals surface area contributed by atoms with Crippen molar-refractivity contribution in [2.24, 2.45) is 0 Å². The molecule has 14 heteroatoms. The van der Waals surface area contributed by atoms with Crippen molar-refractivity contribution in [2.75, 3.05) is 7.11 Å². The molecule has 2 aliphatic carbocycles.